The standard InChI is InChI=1S/C26H28Br2ClN7O2/c27-20-14-18(15-21(28)23(20)38-17-19-6-2-3-7-22(19)29)16-30-34-24-31-25(35-8-4-1-5-9-35)33-26(32-24)36-10-12-37-13-11-36/h2-3,6-7,14-16H,1,4-5,8-13,17H2,(H,31,32,33,34)/b30-16-. The van der Waals surface area contributed by atoms with Gasteiger partial charge in [-0.25, -0.2) is 5.43 Å². The summed E-state index contributed by atoms with van der Waals surface area (Å²) in [6.07, 6.45) is 5.23. The average molecular weight is 666 g/mol. The van der Waals surface area contributed by atoms with Gasteiger partial charge in [0.05, 0.1) is 28.4 Å². The number of piperidine rings is 1. The van der Waals surface area contributed by atoms with Crippen LogP contribution in [0.5, 0.6) is 5.75 Å². The van der Waals surface area contributed by atoms with Crippen LogP contribution in [-0.4, -0.2) is 60.6 Å². The highest BCUT2D eigenvalue weighted by atomic mass is 79.9. The zero-order valence-corrected chi connectivity index (χ0v) is 24.7. The van der Waals surface area contributed by atoms with Crippen LogP contribution in [0, 0.1) is 0 Å². The first-order chi connectivity index (χ1) is 18.6. The Balaban J connectivity index is 1.30. The molecule has 0 amide bonds. The lowest BCUT2D eigenvalue weighted by Crippen LogP contribution is -2.38. The summed E-state index contributed by atoms with van der Waals surface area (Å²) in [6, 6.07) is 11.5. The van der Waals surface area contributed by atoms with E-state index in [1.165, 1.54) is 6.42 Å². The van der Waals surface area contributed by atoms with E-state index in [4.69, 9.17) is 26.1 Å². The number of hydrazone groups is 1. The molecule has 0 bridgehead atoms. The van der Waals surface area contributed by atoms with Crippen molar-refractivity contribution in [3.05, 3.63) is 61.5 Å². The summed E-state index contributed by atoms with van der Waals surface area (Å²) in [6.45, 7) is 5.07. The molecule has 2 aliphatic heterocycles. The highest BCUT2D eigenvalue weighted by molar-refractivity contribution is 9.11. The van der Waals surface area contributed by atoms with E-state index in [0.29, 0.717) is 48.4 Å². The van der Waals surface area contributed by atoms with E-state index < -0.39 is 0 Å². The minimum Gasteiger partial charge on any atom is -0.486 e. The zero-order chi connectivity index (χ0) is 26.3. The van der Waals surface area contributed by atoms with E-state index in [0.717, 1.165) is 59.1 Å². The molecule has 12 heteroatoms. The van der Waals surface area contributed by atoms with Crippen LogP contribution in [-0.2, 0) is 11.3 Å². The third kappa shape index (κ3) is 6.93. The molecule has 2 fully saturated rings. The summed E-state index contributed by atoms with van der Waals surface area (Å²) in [5.74, 6) is 2.43. The van der Waals surface area contributed by atoms with Gasteiger partial charge in [0, 0.05) is 36.8 Å². The van der Waals surface area contributed by atoms with Crippen molar-refractivity contribution in [2.75, 3.05) is 54.6 Å². The Morgan fingerprint density at radius 3 is 2.29 bits per heavy atom. The van der Waals surface area contributed by atoms with Gasteiger partial charge < -0.3 is 19.3 Å². The minimum absolute atomic E-state index is 0.357. The highest BCUT2D eigenvalue weighted by Crippen LogP contribution is 2.35. The Kier molecular flexibility index (Phi) is 9.31. The molecular weight excluding hydrogens is 638 g/mol. The van der Waals surface area contributed by atoms with Crippen molar-refractivity contribution < 1.29 is 9.47 Å². The van der Waals surface area contributed by atoms with Crippen LogP contribution in [0.1, 0.15) is 30.4 Å². The summed E-state index contributed by atoms with van der Waals surface area (Å²) in [4.78, 5) is 18.4. The molecular formula is C26H28Br2ClN7O2. The average Bonchev–Trinajstić information content (AvgIpc) is 2.94. The van der Waals surface area contributed by atoms with Crippen molar-refractivity contribution >= 4 is 67.5 Å². The number of ether oxygens (including phenoxy) is 2. The second kappa shape index (κ2) is 13.1. The fraction of sp³-hybridized carbons (Fsp3) is 0.385. The van der Waals surface area contributed by atoms with E-state index in [1.54, 1.807) is 6.21 Å². The molecule has 0 spiro atoms. The van der Waals surface area contributed by atoms with Gasteiger partial charge in [0.1, 0.15) is 12.4 Å². The first-order valence-electron chi connectivity index (χ1n) is 12.5. The van der Waals surface area contributed by atoms with Crippen LogP contribution < -0.4 is 20.0 Å². The van der Waals surface area contributed by atoms with Gasteiger partial charge in [0.25, 0.3) is 0 Å². The number of nitrogens with zero attached hydrogens (tertiary/aromatic N) is 6. The van der Waals surface area contributed by atoms with Crippen molar-refractivity contribution in [1.29, 1.82) is 0 Å². The fourth-order valence-electron chi connectivity index (χ4n) is 4.27. The molecule has 38 heavy (non-hydrogen) atoms. The van der Waals surface area contributed by atoms with Gasteiger partial charge in [0.2, 0.25) is 17.8 Å². The van der Waals surface area contributed by atoms with E-state index in [2.05, 4.69) is 62.2 Å². The zero-order valence-electron chi connectivity index (χ0n) is 20.7. The number of nitrogens with one attached hydrogen (secondary N) is 1. The van der Waals surface area contributed by atoms with Crippen molar-refractivity contribution in [3.8, 4) is 5.75 Å². The molecule has 0 radical (unpaired) electrons. The predicted molar refractivity (Wildman–Crippen MR) is 158 cm³/mol. The molecule has 2 saturated heterocycles. The Morgan fingerprint density at radius 2 is 1.61 bits per heavy atom. The molecule has 2 aliphatic rings. The van der Waals surface area contributed by atoms with Crippen LogP contribution >= 0.6 is 43.5 Å². The lowest BCUT2D eigenvalue weighted by atomic mass is 10.1. The van der Waals surface area contributed by atoms with Crippen molar-refractivity contribution in [3.63, 3.8) is 0 Å². The molecule has 5 rings (SSSR count). The second-order valence-corrected chi connectivity index (χ2v) is 11.1. The maximum atomic E-state index is 6.26. The third-order valence-electron chi connectivity index (χ3n) is 6.27. The van der Waals surface area contributed by atoms with E-state index in [9.17, 15) is 0 Å². The van der Waals surface area contributed by atoms with Gasteiger partial charge in [-0.05, 0) is 74.9 Å². The molecule has 3 heterocycles. The van der Waals surface area contributed by atoms with Crippen LogP contribution in [0.25, 0.3) is 0 Å². The largest absolute Gasteiger partial charge is 0.486 e. The minimum atomic E-state index is 0.357. The molecule has 0 atom stereocenters. The first kappa shape index (κ1) is 27.1. The fourth-order valence-corrected chi connectivity index (χ4v) is 5.91. The SMILES string of the molecule is Clc1ccccc1COc1c(Br)cc(/C=N\Nc2nc(N3CCCCC3)nc(N3CCOCC3)n2)cc1Br. The molecule has 9 nitrogen and oxygen atoms in total. The van der Waals surface area contributed by atoms with Gasteiger partial charge in [-0.1, -0.05) is 29.8 Å². The predicted octanol–water partition coefficient (Wildman–Crippen LogP) is 5.90. The number of hydrogen-bond donors (Lipinski definition) is 1. The maximum Gasteiger partial charge on any atom is 0.250 e. The van der Waals surface area contributed by atoms with Crippen molar-refractivity contribution in [1.82, 2.24) is 15.0 Å². The molecule has 1 aromatic heterocycles. The van der Waals surface area contributed by atoms with Gasteiger partial charge in [0.15, 0.2) is 0 Å². The van der Waals surface area contributed by atoms with Crippen LogP contribution in [0.4, 0.5) is 17.8 Å². The summed E-state index contributed by atoms with van der Waals surface area (Å²) in [5.41, 5.74) is 4.78. The number of morpholine rings is 1. The van der Waals surface area contributed by atoms with Crippen molar-refractivity contribution in [2.24, 2.45) is 5.10 Å². The topological polar surface area (TPSA) is 88.0 Å². The van der Waals surface area contributed by atoms with Gasteiger partial charge in [-0.3, -0.25) is 0 Å². The molecule has 0 unspecified atom stereocenters. The quantitative estimate of drug-likeness (QED) is 0.235. The summed E-state index contributed by atoms with van der Waals surface area (Å²) in [5, 5.41) is 5.09. The third-order valence-corrected chi connectivity index (χ3v) is 7.82. The molecule has 0 saturated carbocycles. The number of aromatic nitrogens is 3. The van der Waals surface area contributed by atoms with E-state index in [-0.39, 0.29) is 0 Å². The Labute approximate surface area is 243 Å². The van der Waals surface area contributed by atoms with Gasteiger partial charge in [-0.2, -0.15) is 20.1 Å². The van der Waals surface area contributed by atoms with Gasteiger partial charge in [-0.15, -0.1) is 0 Å². The summed E-state index contributed by atoms with van der Waals surface area (Å²) >= 11 is 13.5. The summed E-state index contributed by atoms with van der Waals surface area (Å²) in [7, 11) is 0. The van der Waals surface area contributed by atoms with E-state index in [1.807, 2.05) is 36.4 Å². The smallest absolute Gasteiger partial charge is 0.250 e. The Bertz CT molecular complexity index is 1220. The van der Waals surface area contributed by atoms with Crippen LogP contribution in [0.2, 0.25) is 5.02 Å². The normalized spacial score (nSPS) is 16.2. The Hall–Kier alpha value is -2.47. The lowest BCUT2D eigenvalue weighted by Gasteiger charge is -2.30. The molecule has 200 valence electrons. The Morgan fingerprint density at radius 1 is 0.947 bits per heavy atom. The summed E-state index contributed by atoms with van der Waals surface area (Å²) < 4.78 is 13.1. The number of anilines is 3. The van der Waals surface area contributed by atoms with Crippen molar-refractivity contribution in [2.45, 2.75) is 25.9 Å². The molecule has 2 aromatic carbocycles. The number of hydrogen-bond acceptors (Lipinski definition) is 9. The maximum absolute atomic E-state index is 6.26. The number of halogens is 3. The number of benzene rings is 2. The highest BCUT2D eigenvalue weighted by Gasteiger charge is 2.20. The monoisotopic (exact) mass is 663 g/mol. The van der Waals surface area contributed by atoms with E-state index >= 15 is 0 Å². The molecule has 0 aliphatic carbocycles. The second-order valence-electron chi connectivity index (χ2n) is 8.97. The molecule has 3 aromatic rings. The van der Waals surface area contributed by atoms with Crippen LogP contribution in [0.15, 0.2) is 50.4 Å². The number of rotatable bonds is 8. The lowest BCUT2D eigenvalue weighted by molar-refractivity contribution is 0.122. The van der Waals surface area contributed by atoms with Gasteiger partial charge >= 0.3 is 0 Å². The first-order valence-corrected chi connectivity index (χ1v) is 14.5. The van der Waals surface area contributed by atoms with Crippen LogP contribution in [0.3, 0.4) is 0 Å². The molecule has 1 N–H and O–H groups in total.